The normalized spacial score (nSPS) is 11.6. The predicted octanol–water partition coefficient (Wildman–Crippen LogP) is 5.03. The van der Waals surface area contributed by atoms with Crippen LogP contribution in [0.3, 0.4) is 0 Å². The molecule has 1 N–H and O–H groups in total. The molecule has 7 nitrogen and oxygen atoms in total. The van der Waals surface area contributed by atoms with Crippen molar-refractivity contribution in [2.45, 2.75) is 12.8 Å². The van der Waals surface area contributed by atoms with Crippen molar-refractivity contribution in [3.63, 3.8) is 0 Å². The molecule has 0 saturated heterocycles. The molecule has 0 saturated carbocycles. The quantitative estimate of drug-likeness (QED) is 0.365. The number of hydrogen-bond donors (Lipinski definition) is 1. The molecule has 0 bridgehead atoms. The van der Waals surface area contributed by atoms with Gasteiger partial charge in [0, 0.05) is 23.5 Å². The lowest BCUT2D eigenvalue weighted by molar-refractivity contribution is -0.115. The zero-order chi connectivity index (χ0) is 25.2. The molecule has 0 aliphatic rings. The number of methoxy groups -OCH3 is 1. The number of ether oxygens (including phenoxy) is 2. The van der Waals surface area contributed by atoms with Gasteiger partial charge in [-0.15, -0.1) is 0 Å². The Balaban J connectivity index is 1.89. The molecule has 0 spiro atoms. The second-order valence-corrected chi connectivity index (χ2v) is 7.25. The molecule has 2 aromatic heterocycles. The molecule has 2 aromatic carbocycles. The van der Waals surface area contributed by atoms with Crippen molar-refractivity contribution < 1.29 is 31.4 Å². The maximum Gasteiger partial charge on any atom is 0.405 e. The zero-order valence-electron chi connectivity index (χ0n) is 18.0. The Bertz CT molecular complexity index is 1390. The van der Waals surface area contributed by atoms with Gasteiger partial charge in [0.2, 0.25) is 5.95 Å². The topological polar surface area (TPSA) is 78.3 Å². The molecule has 35 heavy (non-hydrogen) atoms. The van der Waals surface area contributed by atoms with E-state index in [2.05, 4.69) is 20.0 Å². The van der Waals surface area contributed by atoms with Crippen LogP contribution in [0.25, 0.3) is 27.7 Å². The van der Waals surface area contributed by atoms with Crippen LogP contribution >= 0.6 is 0 Å². The van der Waals surface area contributed by atoms with Crippen LogP contribution in [-0.4, -0.2) is 41.0 Å². The SMILES string of the molecule is COc1ccc(-n2cc3cnc(NCC(F)(F)F)nc3c(-c3ccc(OC(F)F)cc3)c2=O)cc1. The molecule has 0 amide bonds. The van der Waals surface area contributed by atoms with Gasteiger partial charge in [0.05, 0.1) is 18.2 Å². The number of rotatable bonds is 7. The minimum atomic E-state index is -4.50. The third-order valence-corrected chi connectivity index (χ3v) is 4.92. The highest BCUT2D eigenvalue weighted by molar-refractivity contribution is 5.93. The van der Waals surface area contributed by atoms with Crippen molar-refractivity contribution in [2.24, 2.45) is 0 Å². The summed E-state index contributed by atoms with van der Waals surface area (Å²) < 4.78 is 73.8. The van der Waals surface area contributed by atoms with E-state index in [0.29, 0.717) is 22.4 Å². The highest BCUT2D eigenvalue weighted by Crippen LogP contribution is 2.28. The second kappa shape index (κ2) is 9.57. The minimum Gasteiger partial charge on any atom is -0.497 e. The fraction of sp³-hybridized carbons (Fsp3) is 0.174. The van der Waals surface area contributed by atoms with Gasteiger partial charge in [0.1, 0.15) is 18.0 Å². The second-order valence-electron chi connectivity index (χ2n) is 7.25. The number of hydrogen-bond acceptors (Lipinski definition) is 6. The van der Waals surface area contributed by atoms with E-state index in [4.69, 9.17) is 4.74 Å². The number of alkyl halides is 5. The van der Waals surface area contributed by atoms with E-state index in [9.17, 15) is 26.7 Å². The Kier molecular flexibility index (Phi) is 6.54. The number of benzene rings is 2. The molecule has 4 rings (SSSR count). The molecule has 0 fully saturated rings. The van der Waals surface area contributed by atoms with Gasteiger partial charge in [-0.05, 0) is 42.0 Å². The van der Waals surface area contributed by atoms with E-state index in [1.54, 1.807) is 24.3 Å². The van der Waals surface area contributed by atoms with E-state index >= 15 is 0 Å². The van der Waals surface area contributed by atoms with E-state index in [-0.39, 0.29) is 22.8 Å². The number of nitrogens with one attached hydrogen (secondary N) is 1. The average molecular weight is 492 g/mol. The van der Waals surface area contributed by atoms with Crippen molar-refractivity contribution in [2.75, 3.05) is 19.0 Å². The Morgan fingerprint density at radius 3 is 2.29 bits per heavy atom. The van der Waals surface area contributed by atoms with Gasteiger partial charge >= 0.3 is 12.8 Å². The summed E-state index contributed by atoms with van der Waals surface area (Å²) >= 11 is 0. The highest BCUT2D eigenvalue weighted by Gasteiger charge is 2.27. The first-order chi connectivity index (χ1) is 16.6. The first-order valence-corrected chi connectivity index (χ1v) is 10.1. The van der Waals surface area contributed by atoms with Gasteiger partial charge in [-0.1, -0.05) is 12.1 Å². The van der Waals surface area contributed by atoms with E-state index < -0.39 is 24.9 Å². The van der Waals surface area contributed by atoms with Gasteiger partial charge in [-0.25, -0.2) is 9.97 Å². The van der Waals surface area contributed by atoms with Crippen molar-refractivity contribution in [3.05, 3.63) is 71.3 Å². The number of fused-ring (bicyclic) bond motifs is 1. The molecule has 0 aliphatic heterocycles. The lowest BCUT2D eigenvalue weighted by Gasteiger charge is -2.14. The van der Waals surface area contributed by atoms with E-state index in [1.165, 1.54) is 48.3 Å². The predicted molar refractivity (Wildman–Crippen MR) is 118 cm³/mol. The summed E-state index contributed by atoms with van der Waals surface area (Å²) in [4.78, 5) is 21.6. The van der Waals surface area contributed by atoms with Gasteiger partial charge in [-0.3, -0.25) is 9.36 Å². The minimum absolute atomic E-state index is 0.0411. The lowest BCUT2D eigenvalue weighted by Crippen LogP contribution is -2.23. The molecule has 182 valence electrons. The van der Waals surface area contributed by atoms with Gasteiger partial charge < -0.3 is 14.8 Å². The Morgan fingerprint density at radius 2 is 1.69 bits per heavy atom. The van der Waals surface area contributed by atoms with Crippen LogP contribution in [0.1, 0.15) is 0 Å². The van der Waals surface area contributed by atoms with E-state index in [0.717, 1.165) is 0 Å². The fourth-order valence-electron chi connectivity index (χ4n) is 3.37. The summed E-state index contributed by atoms with van der Waals surface area (Å²) in [7, 11) is 1.50. The third kappa shape index (κ3) is 5.48. The number of halogens is 5. The molecule has 2 heterocycles. The van der Waals surface area contributed by atoms with Crippen molar-refractivity contribution in [1.82, 2.24) is 14.5 Å². The van der Waals surface area contributed by atoms with Crippen molar-refractivity contribution in [1.29, 1.82) is 0 Å². The van der Waals surface area contributed by atoms with Gasteiger partial charge in [0.25, 0.3) is 5.56 Å². The molecular formula is C23H17F5N4O3. The Labute approximate surface area is 194 Å². The van der Waals surface area contributed by atoms with Crippen LogP contribution < -0.4 is 20.3 Å². The fourth-order valence-corrected chi connectivity index (χ4v) is 3.37. The Hall–Kier alpha value is -4.22. The summed E-state index contributed by atoms with van der Waals surface area (Å²) in [5, 5.41) is 2.45. The van der Waals surface area contributed by atoms with E-state index in [1.807, 2.05) is 0 Å². The zero-order valence-corrected chi connectivity index (χ0v) is 18.0. The Morgan fingerprint density at radius 1 is 1.03 bits per heavy atom. The molecule has 4 aromatic rings. The first-order valence-electron chi connectivity index (χ1n) is 10.1. The summed E-state index contributed by atoms with van der Waals surface area (Å²) in [5.74, 6) is 0.123. The maximum absolute atomic E-state index is 13.5. The number of nitrogens with zero attached hydrogens (tertiary/aromatic N) is 3. The number of pyridine rings is 1. The molecule has 12 heteroatoms. The number of aromatic nitrogens is 3. The lowest BCUT2D eigenvalue weighted by atomic mass is 10.0. The van der Waals surface area contributed by atoms with Crippen molar-refractivity contribution in [3.8, 4) is 28.3 Å². The summed E-state index contributed by atoms with van der Waals surface area (Å²) in [6, 6.07) is 11.9. The van der Waals surface area contributed by atoms with Gasteiger partial charge in [-0.2, -0.15) is 22.0 Å². The smallest absolute Gasteiger partial charge is 0.405 e. The molecule has 0 atom stereocenters. The monoisotopic (exact) mass is 492 g/mol. The largest absolute Gasteiger partial charge is 0.497 e. The molecule has 0 radical (unpaired) electrons. The maximum atomic E-state index is 13.5. The van der Waals surface area contributed by atoms with Crippen LogP contribution in [0, 0.1) is 0 Å². The van der Waals surface area contributed by atoms with Crippen molar-refractivity contribution >= 4 is 16.9 Å². The summed E-state index contributed by atoms with van der Waals surface area (Å²) in [6.07, 6.45) is -1.75. The highest BCUT2D eigenvalue weighted by atomic mass is 19.4. The van der Waals surface area contributed by atoms with Crippen LogP contribution in [-0.2, 0) is 0 Å². The standard InChI is InChI=1S/C23H17F5N4O3/c1-34-16-8-4-15(5-9-16)32-11-14-10-29-22(30-12-23(26,27)28)31-19(14)18(20(32)33)13-2-6-17(7-3-13)35-21(24)25/h2-11,21H,12H2,1H3,(H,30,31). The summed E-state index contributed by atoms with van der Waals surface area (Å²) in [5.41, 5.74) is 0.368. The van der Waals surface area contributed by atoms with Crippen LogP contribution in [0.15, 0.2) is 65.7 Å². The van der Waals surface area contributed by atoms with Crippen LogP contribution in [0.2, 0.25) is 0 Å². The van der Waals surface area contributed by atoms with Gasteiger partial charge in [0.15, 0.2) is 0 Å². The summed E-state index contributed by atoms with van der Waals surface area (Å²) in [6.45, 7) is -4.39. The first kappa shape index (κ1) is 23.9. The molecular weight excluding hydrogens is 475 g/mol. The van der Waals surface area contributed by atoms with Crippen LogP contribution in [0.5, 0.6) is 11.5 Å². The number of anilines is 1. The third-order valence-electron chi connectivity index (χ3n) is 4.92. The average Bonchev–Trinajstić information content (AvgIpc) is 2.82. The molecule has 0 unspecified atom stereocenters. The van der Waals surface area contributed by atoms with Crippen LogP contribution in [0.4, 0.5) is 27.9 Å². The molecule has 0 aliphatic carbocycles.